The SMILES string of the molecule is CCOC(=O)C1(CC2CC2)CCN(C(=O)c2cccc(-c3ccc(C)o3)c2)CC1. The number of rotatable bonds is 6. The van der Waals surface area contributed by atoms with E-state index in [2.05, 4.69) is 0 Å². The fraction of sp³-hybridized carbons (Fsp3) is 0.500. The molecule has 0 unspecified atom stereocenters. The molecule has 0 N–H and O–H groups in total. The van der Waals surface area contributed by atoms with Crippen LogP contribution in [0.15, 0.2) is 40.8 Å². The lowest BCUT2D eigenvalue weighted by Crippen LogP contribution is -2.47. The molecular formula is C24H29NO4. The third kappa shape index (κ3) is 4.24. The van der Waals surface area contributed by atoms with Gasteiger partial charge in [-0.2, -0.15) is 0 Å². The molecular weight excluding hydrogens is 366 g/mol. The summed E-state index contributed by atoms with van der Waals surface area (Å²) in [6.45, 7) is 5.36. The molecule has 5 nitrogen and oxygen atoms in total. The summed E-state index contributed by atoms with van der Waals surface area (Å²) in [5.74, 6) is 2.20. The highest BCUT2D eigenvalue weighted by Gasteiger charge is 2.46. The number of ether oxygens (including phenoxy) is 1. The molecule has 2 aromatic rings. The molecule has 154 valence electrons. The normalized spacial score (nSPS) is 18.5. The van der Waals surface area contributed by atoms with Crippen LogP contribution in [0.1, 0.15) is 55.1 Å². The zero-order valence-electron chi connectivity index (χ0n) is 17.3. The first-order chi connectivity index (χ1) is 14.0. The van der Waals surface area contributed by atoms with Crippen molar-refractivity contribution in [3.63, 3.8) is 0 Å². The van der Waals surface area contributed by atoms with Crippen LogP contribution in [0.5, 0.6) is 0 Å². The van der Waals surface area contributed by atoms with Gasteiger partial charge in [-0.05, 0) is 63.3 Å². The van der Waals surface area contributed by atoms with Crippen LogP contribution in [-0.4, -0.2) is 36.5 Å². The van der Waals surface area contributed by atoms with E-state index >= 15 is 0 Å². The van der Waals surface area contributed by atoms with Gasteiger partial charge in [0.2, 0.25) is 0 Å². The van der Waals surface area contributed by atoms with E-state index in [1.54, 1.807) is 0 Å². The maximum atomic E-state index is 13.1. The zero-order valence-corrected chi connectivity index (χ0v) is 17.3. The van der Waals surface area contributed by atoms with Gasteiger partial charge in [0.15, 0.2) is 0 Å². The molecule has 2 heterocycles. The minimum Gasteiger partial charge on any atom is -0.466 e. The maximum absolute atomic E-state index is 13.1. The number of piperidine rings is 1. The van der Waals surface area contributed by atoms with Crippen molar-refractivity contribution in [2.24, 2.45) is 11.3 Å². The monoisotopic (exact) mass is 395 g/mol. The molecule has 1 saturated heterocycles. The Bertz CT molecular complexity index is 888. The molecule has 5 heteroatoms. The highest BCUT2D eigenvalue weighted by Crippen LogP contribution is 2.46. The molecule has 2 aliphatic rings. The first-order valence-electron chi connectivity index (χ1n) is 10.6. The summed E-state index contributed by atoms with van der Waals surface area (Å²) in [5, 5.41) is 0. The molecule has 0 bridgehead atoms. The molecule has 1 aromatic carbocycles. The molecule has 1 aliphatic carbocycles. The lowest BCUT2D eigenvalue weighted by Gasteiger charge is -2.40. The van der Waals surface area contributed by atoms with Crippen LogP contribution < -0.4 is 0 Å². The van der Waals surface area contributed by atoms with E-state index in [4.69, 9.17) is 9.15 Å². The smallest absolute Gasteiger partial charge is 0.312 e. The Labute approximate surface area is 172 Å². The molecule has 29 heavy (non-hydrogen) atoms. The van der Waals surface area contributed by atoms with Gasteiger partial charge in [-0.1, -0.05) is 25.0 Å². The van der Waals surface area contributed by atoms with Crippen molar-refractivity contribution < 1.29 is 18.7 Å². The van der Waals surface area contributed by atoms with Crippen molar-refractivity contribution in [1.29, 1.82) is 0 Å². The number of aryl methyl sites for hydroxylation is 1. The Hall–Kier alpha value is -2.56. The van der Waals surface area contributed by atoms with Gasteiger partial charge in [-0.25, -0.2) is 0 Å². The van der Waals surface area contributed by atoms with Crippen molar-refractivity contribution in [3.8, 4) is 11.3 Å². The van der Waals surface area contributed by atoms with Crippen LogP contribution in [0.25, 0.3) is 11.3 Å². The fourth-order valence-electron chi connectivity index (χ4n) is 4.37. The lowest BCUT2D eigenvalue weighted by atomic mass is 9.74. The number of amides is 1. The van der Waals surface area contributed by atoms with E-state index in [0.29, 0.717) is 44.0 Å². The number of esters is 1. The number of furan rings is 1. The second-order valence-electron chi connectivity index (χ2n) is 8.43. The number of hydrogen-bond acceptors (Lipinski definition) is 4. The van der Waals surface area contributed by atoms with Gasteiger partial charge < -0.3 is 14.1 Å². The van der Waals surface area contributed by atoms with Gasteiger partial charge in [0, 0.05) is 24.2 Å². The van der Waals surface area contributed by atoms with Crippen molar-refractivity contribution >= 4 is 11.9 Å². The number of likely N-dealkylation sites (tertiary alicyclic amines) is 1. The zero-order chi connectivity index (χ0) is 20.4. The minimum atomic E-state index is -0.415. The molecule has 1 aromatic heterocycles. The van der Waals surface area contributed by atoms with Crippen LogP contribution in [-0.2, 0) is 9.53 Å². The predicted octanol–water partition coefficient (Wildman–Crippen LogP) is 4.84. The third-order valence-corrected chi connectivity index (χ3v) is 6.23. The Morgan fingerprint density at radius 1 is 1.17 bits per heavy atom. The summed E-state index contributed by atoms with van der Waals surface area (Å²) in [7, 11) is 0. The Balaban J connectivity index is 1.46. The summed E-state index contributed by atoms with van der Waals surface area (Å²) in [6.07, 6.45) is 4.70. The maximum Gasteiger partial charge on any atom is 0.312 e. The van der Waals surface area contributed by atoms with Crippen molar-refractivity contribution in [3.05, 3.63) is 47.7 Å². The number of carbonyl (C=O) groups excluding carboxylic acids is 2. The van der Waals surface area contributed by atoms with Crippen LogP contribution in [0.4, 0.5) is 0 Å². The quantitative estimate of drug-likeness (QED) is 0.657. The van der Waals surface area contributed by atoms with E-state index in [9.17, 15) is 9.59 Å². The average Bonchev–Trinajstić information content (AvgIpc) is 3.44. The van der Waals surface area contributed by atoms with E-state index < -0.39 is 5.41 Å². The van der Waals surface area contributed by atoms with E-state index in [0.717, 1.165) is 23.5 Å². The Kier molecular flexibility index (Phi) is 5.48. The molecule has 0 spiro atoms. The molecule has 1 saturated carbocycles. The molecule has 0 atom stereocenters. The van der Waals surface area contributed by atoms with Gasteiger partial charge in [0.1, 0.15) is 11.5 Å². The van der Waals surface area contributed by atoms with Gasteiger partial charge >= 0.3 is 5.97 Å². The van der Waals surface area contributed by atoms with Crippen molar-refractivity contribution in [2.45, 2.75) is 46.0 Å². The summed E-state index contributed by atoms with van der Waals surface area (Å²) < 4.78 is 11.1. The highest BCUT2D eigenvalue weighted by molar-refractivity contribution is 5.95. The first-order valence-corrected chi connectivity index (χ1v) is 10.6. The fourth-order valence-corrected chi connectivity index (χ4v) is 4.37. The molecule has 4 rings (SSSR count). The van der Waals surface area contributed by atoms with Gasteiger partial charge in [-0.3, -0.25) is 9.59 Å². The minimum absolute atomic E-state index is 0.0130. The standard InChI is InChI=1S/C24H29NO4/c1-3-28-23(27)24(16-18-8-9-18)11-13-25(14-12-24)22(26)20-6-4-5-19(15-20)21-10-7-17(2)29-21/h4-7,10,15,18H,3,8-9,11-14,16H2,1-2H3. The molecule has 2 fully saturated rings. The largest absolute Gasteiger partial charge is 0.466 e. The van der Waals surface area contributed by atoms with E-state index in [1.165, 1.54) is 12.8 Å². The van der Waals surface area contributed by atoms with Crippen LogP contribution in [0.2, 0.25) is 0 Å². The van der Waals surface area contributed by atoms with Gasteiger partial charge in [-0.15, -0.1) is 0 Å². The summed E-state index contributed by atoms with van der Waals surface area (Å²) in [5.41, 5.74) is 1.14. The second kappa shape index (κ2) is 8.05. The topological polar surface area (TPSA) is 59.8 Å². The predicted molar refractivity (Wildman–Crippen MR) is 110 cm³/mol. The number of nitrogens with zero attached hydrogens (tertiary/aromatic N) is 1. The lowest BCUT2D eigenvalue weighted by molar-refractivity contribution is -0.159. The van der Waals surface area contributed by atoms with Crippen LogP contribution in [0, 0.1) is 18.3 Å². The van der Waals surface area contributed by atoms with Gasteiger partial charge in [0.25, 0.3) is 5.91 Å². The Morgan fingerprint density at radius 3 is 2.55 bits per heavy atom. The summed E-state index contributed by atoms with van der Waals surface area (Å²) >= 11 is 0. The van der Waals surface area contributed by atoms with Crippen LogP contribution >= 0.6 is 0 Å². The summed E-state index contributed by atoms with van der Waals surface area (Å²) in [6, 6.07) is 11.4. The Morgan fingerprint density at radius 2 is 1.93 bits per heavy atom. The van der Waals surface area contributed by atoms with Gasteiger partial charge in [0.05, 0.1) is 12.0 Å². The first kappa shape index (κ1) is 19.7. The molecule has 1 aliphatic heterocycles. The number of benzene rings is 1. The third-order valence-electron chi connectivity index (χ3n) is 6.23. The van der Waals surface area contributed by atoms with Crippen LogP contribution in [0.3, 0.4) is 0 Å². The molecule has 1 amide bonds. The van der Waals surface area contributed by atoms with Crippen molar-refractivity contribution in [1.82, 2.24) is 4.90 Å². The number of carbonyl (C=O) groups is 2. The molecule has 0 radical (unpaired) electrons. The summed E-state index contributed by atoms with van der Waals surface area (Å²) in [4.78, 5) is 27.7. The highest BCUT2D eigenvalue weighted by atomic mass is 16.5. The van der Waals surface area contributed by atoms with E-state index in [-0.39, 0.29) is 11.9 Å². The average molecular weight is 395 g/mol. The number of hydrogen-bond donors (Lipinski definition) is 0. The van der Waals surface area contributed by atoms with E-state index in [1.807, 2.05) is 55.1 Å². The van der Waals surface area contributed by atoms with Crippen molar-refractivity contribution in [2.75, 3.05) is 19.7 Å². The second-order valence-corrected chi connectivity index (χ2v) is 8.43.